The predicted molar refractivity (Wildman–Crippen MR) is 103 cm³/mol. The number of aromatic nitrogens is 1. The molecule has 2 unspecified atom stereocenters. The largest absolute Gasteiger partial charge is 0.487 e. The molecule has 1 fully saturated rings. The Morgan fingerprint density at radius 3 is 2.96 bits per heavy atom. The van der Waals surface area contributed by atoms with E-state index >= 15 is 0 Å². The zero-order chi connectivity index (χ0) is 18.6. The number of nitrogens with one attached hydrogen (secondary N) is 1. The van der Waals surface area contributed by atoms with Crippen molar-refractivity contribution >= 4 is 23.2 Å². The molecule has 1 aromatic heterocycles. The van der Waals surface area contributed by atoms with Gasteiger partial charge in [0.1, 0.15) is 12.4 Å². The Morgan fingerprint density at radius 2 is 2.27 bits per heavy atom. The first kappa shape index (κ1) is 18.7. The fourth-order valence-corrected chi connectivity index (χ4v) is 3.59. The van der Waals surface area contributed by atoms with Crippen LogP contribution in [0.2, 0.25) is 5.02 Å². The van der Waals surface area contributed by atoms with Gasteiger partial charge in [0.25, 0.3) is 0 Å². The van der Waals surface area contributed by atoms with Crippen molar-refractivity contribution in [1.29, 1.82) is 0 Å². The molecule has 1 aliphatic carbocycles. The molecule has 2 aromatic rings. The van der Waals surface area contributed by atoms with Gasteiger partial charge >= 0.3 is 0 Å². The molecule has 1 aliphatic rings. The Hall–Kier alpha value is -2.11. The van der Waals surface area contributed by atoms with E-state index < -0.39 is 5.54 Å². The average Bonchev–Trinajstić information content (AvgIpc) is 2.61. The number of carbonyl (C=O) groups is 1. The van der Waals surface area contributed by atoms with Gasteiger partial charge in [0, 0.05) is 29.2 Å². The lowest BCUT2D eigenvalue weighted by atomic mass is 9.74. The lowest BCUT2D eigenvalue weighted by Gasteiger charge is -2.37. The minimum atomic E-state index is -0.459. The number of hydrogen-bond acceptors (Lipinski definition) is 4. The Bertz CT molecular complexity index is 765. The van der Waals surface area contributed by atoms with Gasteiger partial charge in [-0.2, -0.15) is 0 Å². The van der Waals surface area contributed by atoms with E-state index in [0.717, 1.165) is 31.2 Å². The first-order valence-corrected chi connectivity index (χ1v) is 9.24. The van der Waals surface area contributed by atoms with Gasteiger partial charge in [0.05, 0.1) is 10.9 Å². The molecular formula is C20H24ClN3O2. The van der Waals surface area contributed by atoms with Gasteiger partial charge in [-0.15, -0.1) is 0 Å². The van der Waals surface area contributed by atoms with Crippen LogP contribution in [0.3, 0.4) is 0 Å². The van der Waals surface area contributed by atoms with Crippen LogP contribution in [0, 0.1) is 5.92 Å². The van der Waals surface area contributed by atoms with Crippen molar-refractivity contribution in [3.63, 3.8) is 0 Å². The summed E-state index contributed by atoms with van der Waals surface area (Å²) in [5, 5.41) is 3.39. The Labute approximate surface area is 158 Å². The van der Waals surface area contributed by atoms with Gasteiger partial charge in [-0.05, 0) is 44.0 Å². The number of halogens is 1. The van der Waals surface area contributed by atoms with E-state index in [0.29, 0.717) is 23.1 Å². The fourth-order valence-electron chi connectivity index (χ4n) is 3.36. The van der Waals surface area contributed by atoms with Gasteiger partial charge in [-0.3, -0.25) is 9.78 Å². The van der Waals surface area contributed by atoms with Gasteiger partial charge in [0.15, 0.2) is 0 Å². The number of nitrogens with two attached hydrogens (primary N) is 1. The lowest BCUT2D eigenvalue weighted by Crippen LogP contribution is -2.51. The summed E-state index contributed by atoms with van der Waals surface area (Å²) in [5.74, 6) is 0.334. The minimum absolute atomic E-state index is 0.0465. The van der Waals surface area contributed by atoms with Gasteiger partial charge < -0.3 is 15.8 Å². The Morgan fingerprint density at radius 1 is 1.42 bits per heavy atom. The van der Waals surface area contributed by atoms with E-state index in [-0.39, 0.29) is 11.8 Å². The van der Waals surface area contributed by atoms with E-state index in [9.17, 15) is 4.79 Å². The van der Waals surface area contributed by atoms with E-state index in [1.54, 1.807) is 30.6 Å². The molecule has 0 spiro atoms. The third-order valence-corrected chi connectivity index (χ3v) is 5.18. The smallest absolute Gasteiger partial charge is 0.229 e. The number of pyridine rings is 1. The standard InChI is InChI=1S/C20H24ClN3O2/c1-20(22)9-3-2-6-16(20)19(25)24-15-7-8-18(17(21)11-15)26-13-14-5-4-10-23-12-14/h4-5,7-8,10-12,16H,2-3,6,9,13,22H2,1H3,(H,24,25). The second-order valence-corrected chi connectivity index (χ2v) is 7.50. The Balaban J connectivity index is 1.63. The maximum Gasteiger partial charge on any atom is 0.229 e. The lowest BCUT2D eigenvalue weighted by molar-refractivity contribution is -0.122. The van der Waals surface area contributed by atoms with Crippen molar-refractivity contribution in [2.75, 3.05) is 5.32 Å². The maximum absolute atomic E-state index is 12.6. The molecule has 1 saturated carbocycles. The summed E-state index contributed by atoms with van der Waals surface area (Å²) in [5.41, 5.74) is 7.46. The second-order valence-electron chi connectivity index (χ2n) is 7.09. The number of benzene rings is 1. The van der Waals surface area contributed by atoms with Gasteiger partial charge in [0.2, 0.25) is 5.91 Å². The van der Waals surface area contributed by atoms with Crippen LogP contribution in [0.1, 0.15) is 38.2 Å². The van der Waals surface area contributed by atoms with Crippen LogP contribution in [-0.4, -0.2) is 16.4 Å². The highest BCUT2D eigenvalue weighted by Crippen LogP contribution is 2.33. The number of amides is 1. The SMILES string of the molecule is CC1(N)CCCCC1C(=O)Nc1ccc(OCc2cccnc2)c(Cl)c1. The summed E-state index contributed by atoms with van der Waals surface area (Å²) in [4.78, 5) is 16.7. The highest BCUT2D eigenvalue weighted by Gasteiger charge is 2.37. The average molecular weight is 374 g/mol. The summed E-state index contributed by atoms with van der Waals surface area (Å²) in [6, 6.07) is 9.05. The van der Waals surface area contributed by atoms with E-state index in [1.165, 1.54) is 0 Å². The van der Waals surface area contributed by atoms with Crippen LogP contribution in [0.4, 0.5) is 5.69 Å². The minimum Gasteiger partial charge on any atom is -0.487 e. The predicted octanol–water partition coefficient (Wildman–Crippen LogP) is 4.16. The van der Waals surface area contributed by atoms with Crippen LogP contribution in [0.5, 0.6) is 5.75 Å². The highest BCUT2D eigenvalue weighted by molar-refractivity contribution is 6.32. The maximum atomic E-state index is 12.6. The molecule has 3 rings (SSSR count). The van der Waals surface area contributed by atoms with Crippen molar-refractivity contribution in [2.45, 2.75) is 44.8 Å². The highest BCUT2D eigenvalue weighted by atomic mass is 35.5. The molecule has 3 N–H and O–H groups in total. The number of ether oxygens (including phenoxy) is 1. The van der Waals surface area contributed by atoms with Crippen molar-refractivity contribution in [2.24, 2.45) is 11.7 Å². The zero-order valence-corrected chi connectivity index (χ0v) is 15.6. The van der Waals surface area contributed by atoms with Crippen LogP contribution >= 0.6 is 11.6 Å². The molecule has 2 atom stereocenters. The van der Waals surface area contributed by atoms with E-state index in [4.69, 9.17) is 22.1 Å². The molecule has 6 heteroatoms. The number of anilines is 1. The fraction of sp³-hybridized carbons (Fsp3) is 0.400. The number of carbonyl (C=O) groups excluding carboxylic acids is 1. The van der Waals surface area contributed by atoms with Crippen molar-refractivity contribution < 1.29 is 9.53 Å². The summed E-state index contributed by atoms with van der Waals surface area (Å²) in [6.07, 6.45) is 7.26. The van der Waals surface area contributed by atoms with E-state index in [2.05, 4.69) is 10.3 Å². The van der Waals surface area contributed by atoms with Crippen LogP contribution < -0.4 is 15.8 Å². The molecule has 1 amide bonds. The zero-order valence-electron chi connectivity index (χ0n) is 14.9. The summed E-state index contributed by atoms with van der Waals surface area (Å²) >= 11 is 6.30. The normalized spacial score (nSPS) is 22.7. The second kappa shape index (κ2) is 8.06. The molecular weight excluding hydrogens is 350 g/mol. The topological polar surface area (TPSA) is 77.2 Å². The van der Waals surface area contributed by atoms with Crippen LogP contribution in [-0.2, 0) is 11.4 Å². The molecule has 0 bridgehead atoms. The first-order chi connectivity index (χ1) is 12.5. The summed E-state index contributed by atoms with van der Waals surface area (Å²) in [6.45, 7) is 2.34. The van der Waals surface area contributed by atoms with Gasteiger partial charge in [-0.25, -0.2) is 0 Å². The molecule has 0 radical (unpaired) electrons. The third kappa shape index (κ3) is 4.54. The molecule has 1 heterocycles. The summed E-state index contributed by atoms with van der Waals surface area (Å²) < 4.78 is 5.73. The van der Waals surface area contributed by atoms with Crippen molar-refractivity contribution in [3.8, 4) is 5.75 Å². The monoisotopic (exact) mass is 373 g/mol. The Kier molecular flexibility index (Phi) is 5.79. The molecule has 0 aliphatic heterocycles. The number of hydrogen-bond donors (Lipinski definition) is 2. The molecule has 26 heavy (non-hydrogen) atoms. The number of rotatable bonds is 5. The van der Waals surface area contributed by atoms with E-state index in [1.807, 2.05) is 19.1 Å². The van der Waals surface area contributed by atoms with Crippen LogP contribution in [0.15, 0.2) is 42.7 Å². The third-order valence-electron chi connectivity index (χ3n) is 4.89. The summed E-state index contributed by atoms with van der Waals surface area (Å²) in [7, 11) is 0. The van der Waals surface area contributed by atoms with Crippen molar-refractivity contribution in [1.82, 2.24) is 4.98 Å². The quantitative estimate of drug-likeness (QED) is 0.824. The number of nitrogens with zero attached hydrogens (tertiary/aromatic N) is 1. The van der Waals surface area contributed by atoms with Gasteiger partial charge in [-0.1, -0.05) is 30.5 Å². The molecule has 1 aromatic carbocycles. The molecule has 138 valence electrons. The molecule has 0 saturated heterocycles. The first-order valence-electron chi connectivity index (χ1n) is 8.87. The molecule has 5 nitrogen and oxygen atoms in total. The van der Waals surface area contributed by atoms with Crippen LogP contribution in [0.25, 0.3) is 0 Å². The van der Waals surface area contributed by atoms with Crippen molar-refractivity contribution in [3.05, 3.63) is 53.3 Å².